The number of esters is 1. The lowest BCUT2D eigenvalue weighted by molar-refractivity contribution is -0.137. The van der Waals surface area contributed by atoms with Gasteiger partial charge in [-0.15, -0.1) is 11.8 Å². The van der Waals surface area contributed by atoms with E-state index in [0.29, 0.717) is 11.0 Å². The van der Waals surface area contributed by atoms with Crippen molar-refractivity contribution in [3.05, 3.63) is 0 Å². The molecule has 1 aliphatic carbocycles. The van der Waals surface area contributed by atoms with E-state index in [9.17, 15) is 4.79 Å². The van der Waals surface area contributed by atoms with E-state index in [0.717, 1.165) is 19.3 Å². The maximum Gasteiger partial charge on any atom is 0.315 e. The van der Waals surface area contributed by atoms with Crippen LogP contribution in [0.4, 0.5) is 0 Å². The third-order valence-electron chi connectivity index (χ3n) is 2.51. The van der Waals surface area contributed by atoms with E-state index in [1.165, 1.54) is 13.5 Å². The highest BCUT2D eigenvalue weighted by Crippen LogP contribution is 2.32. The van der Waals surface area contributed by atoms with Crippen LogP contribution in [0.2, 0.25) is 0 Å². The van der Waals surface area contributed by atoms with Crippen LogP contribution in [0.1, 0.15) is 25.7 Å². The minimum atomic E-state index is -0.197. The molecule has 0 bridgehead atoms. The molecule has 0 aromatic carbocycles. The number of nitrogens with zero attached hydrogens (tertiary/aromatic N) is 1. The Morgan fingerprint density at radius 2 is 2.29 bits per heavy atom. The van der Waals surface area contributed by atoms with Crippen LogP contribution >= 0.6 is 11.8 Å². The maximum atomic E-state index is 10.9. The summed E-state index contributed by atoms with van der Waals surface area (Å²) in [5, 5.41) is 9.23. The molecule has 1 rings (SSSR count). The lowest BCUT2D eigenvalue weighted by Gasteiger charge is -2.25. The van der Waals surface area contributed by atoms with E-state index in [-0.39, 0.29) is 11.9 Å². The fourth-order valence-electron chi connectivity index (χ4n) is 1.68. The standard InChI is InChI=1S/C10H15NO2S/c1-13-10(12)7-14-9-5-3-2-4-8(9)6-11/h8-9H,2-5,7H2,1H3. The molecule has 0 saturated heterocycles. The molecule has 78 valence electrons. The van der Waals surface area contributed by atoms with Crippen LogP contribution in [0.5, 0.6) is 0 Å². The van der Waals surface area contributed by atoms with Crippen molar-refractivity contribution in [2.24, 2.45) is 5.92 Å². The number of ether oxygens (including phenoxy) is 1. The number of hydrogen-bond donors (Lipinski definition) is 0. The fraction of sp³-hybridized carbons (Fsp3) is 0.800. The zero-order valence-corrected chi connectivity index (χ0v) is 9.18. The highest BCUT2D eigenvalue weighted by atomic mass is 32.2. The molecule has 0 amide bonds. The maximum absolute atomic E-state index is 10.9. The van der Waals surface area contributed by atoms with E-state index < -0.39 is 0 Å². The van der Waals surface area contributed by atoms with Gasteiger partial charge in [0.2, 0.25) is 0 Å². The molecule has 0 aliphatic heterocycles. The summed E-state index contributed by atoms with van der Waals surface area (Å²) in [5.41, 5.74) is 0. The predicted molar refractivity (Wildman–Crippen MR) is 55.8 cm³/mol. The van der Waals surface area contributed by atoms with E-state index in [2.05, 4.69) is 10.8 Å². The fourth-order valence-corrected chi connectivity index (χ4v) is 2.91. The smallest absolute Gasteiger partial charge is 0.315 e. The van der Waals surface area contributed by atoms with Gasteiger partial charge in [-0.25, -0.2) is 0 Å². The average Bonchev–Trinajstić information content (AvgIpc) is 2.26. The Morgan fingerprint density at radius 1 is 1.57 bits per heavy atom. The minimum absolute atomic E-state index is 0.124. The van der Waals surface area contributed by atoms with Crippen LogP contribution < -0.4 is 0 Å². The quantitative estimate of drug-likeness (QED) is 0.673. The first-order valence-corrected chi connectivity index (χ1v) is 5.91. The molecule has 1 fully saturated rings. The third kappa shape index (κ3) is 3.22. The summed E-state index contributed by atoms with van der Waals surface area (Å²) in [5.74, 6) is 0.301. The second-order valence-corrected chi connectivity index (χ2v) is 4.67. The molecule has 0 aromatic heterocycles. The zero-order valence-electron chi connectivity index (χ0n) is 8.36. The van der Waals surface area contributed by atoms with E-state index >= 15 is 0 Å². The van der Waals surface area contributed by atoms with Gasteiger partial charge in [-0.1, -0.05) is 12.8 Å². The van der Waals surface area contributed by atoms with Crippen molar-refractivity contribution < 1.29 is 9.53 Å². The molecule has 1 aliphatic rings. The Labute approximate surface area is 88.8 Å². The minimum Gasteiger partial charge on any atom is -0.468 e. The molecule has 0 radical (unpaired) electrons. The highest BCUT2D eigenvalue weighted by molar-refractivity contribution is 8.00. The molecule has 4 heteroatoms. The number of thioether (sulfide) groups is 1. The van der Waals surface area contributed by atoms with Gasteiger partial charge in [0.15, 0.2) is 0 Å². The Balaban J connectivity index is 2.34. The molecule has 14 heavy (non-hydrogen) atoms. The molecular formula is C10H15NO2S. The van der Waals surface area contributed by atoms with Crippen molar-refractivity contribution in [2.75, 3.05) is 12.9 Å². The van der Waals surface area contributed by atoms with E-state index in [1.54, 1.807) is 11.8 Å². The number of methoxy groups -OCH3 is 1. The van der Waals surface area contributed by atoms with Gasteiger partial charge in [0.05, 0.1) is 24.8 Å². The third-order valence-corrected chi connectivity index (χ3v) is 3.91. The lowest BCUT2D eigenvalue weighted by atomic mass is 9.90. The topological polar surface area (TPSA) is 50.1 Å². The Bertz CT molecular complexity index is 237. The van der Waals surface area contributed by atoms with Gasteiger partial charge in [0.25, 0.3) is 0 Å². The second-order valence-electron chi connectivity index (χ2n) is 3.45. The largest absolute Gasteiger partial charge is 0.468 e. The van der Waals surface area contributed by atoms with Gasteiger partial charge < -0.3 is 4.74 Å². The first kappa shape index (κ1) is 11.4. The monoisotopic (exact) mass is 213 g/mol. The normalized spacial score (nSPS) is 26.6. The summed E-state index contributed by atoms with van der Waals surface area (Å²) >= 11 is 1.57. The highest BCUT2D eigenvalue weighted by Gasteiger charge is 2.25. The molecule has 2 unspecified atom stereocenters. The average molecular weight is 213 g/mol. The molecule has 0 N–H and O–H groups in total. The Kier molecular flexibility index (Phi) is 4.81. The Morgan fingerprint density at radius 3 is 2.93 bits per heavy atom. The van der Waals surface area contributed by atoms with Crippen LogP contribution in [-0.2, 0) is 9.53 Å². The van der Waals surface area contributed by atoms with Crippen LogP contribution in [0.3, 0.4) is 0 Å². The van der Waals surface area contributed by atoms with Crippen LogP contribution in [-0.4, -0.2) is 24.1 Å². The first-order valence-electron chi connectivity index (χ1n) is 4.86. The van der Waals surface area contributed by atoms with Gasteiger partial charge >= 0.3 is 5.97 Å². The first-order chi connectivity index (χ1) is 6.77. The SMILES string of the molecule is COC(=O)CSC1CCCCC1C#N. The lowest BCUT2D eigenvalue weighted by Crippen LogP contribution is -2.22. The number of nitriles is 1. The van der Waals surface area contributed by atoms with Crippen molar-refractivity contribution in [2.45, 2.75) is 30.9 Å². The number of carbonyl (C=O) groups is 1. The molecule has 3 nitrogen and oxygen atoms in total. The van der Waals surface area contributed by atoms with Crippen LogP contribution in [0, 0.1) is 17.2 Å². The molecule has 2 atom stereocenters. The summed E-state index contributed by atoms with van der Waals surface area (Å²) in [6.45, 7) is 0. The van der Waals surface area contributed by atoms with Crippen molar-refractivity contribution in [1.82, 2.24) is 0 Å². The van der Waals surface area contributed by atoms with Gasteiger partial charge in [-0.2, -0.15) is 5.26 Å². The summed E-state index contributed by atoms with van der Waals surface area (Å²) in [7, 11) is 1.39. The predicted octanol–water partition coefficient (Wildman–Crippen LogP) is 1.97. The van der Waals surface area contributed by atoms with Crippen molar-refractivity contribution in [3.63, 3.8) is 0 Å². The number of rotatable bonds is 3. The summed E-state index contributed by atoms with van der Waals surface area (Å²) in [6, 6.07) is 2.32. The van der Waals surface area contributed by atoms with Crippen molar-refractivity contribution in [3.8, 4) is 6.07 Å². The Hall–Kier alpha value is -0.690. The molecule has 1 saturated carbocycles. The van der Waals surface area contributed by atoms with E-state index in [1.807, 2.05) is 0 Å². The molecule has 0 heterocycles. The number of carbonyl (C=O) groups excluding carboxylic acids is 1. The summed E-state index contributed by atoms with van der Waals surface area (Å²) < 4.78 is 4.57. The van der Waals surface area contributed by atoms with Crippen molar-refractivity contribution in [1.29, 1.82) is 5.26 Å². The van der Waals surface area contributed by atoms with Gasteiger partial charge in [0.1, 0.15) is 0 Å². The summed E-state index contributed by atoms with van der Waals surface area (Å²) in [6.07, 6.45) is 4.36. The summed E-state index contributed by atoms with van der Waals surface area (Å²) in [4.78, 5) is 10.9. The molecule has 0 spiro atoms. The van der Waals surface area contributed by atoms with Crippen LogP contribution in [0.15, 0.2) is 0 Å². The van der Waals surface area contributed by atoms with Crippen molar-refractivity contribution >= 4 is 17.7 Å². The van der Waals surface area contributed by atoms with Gasteiger partial charge in [-0.05, 0) is 12.8 Å². The van der Waals surface area contributed by atoms with Gasteiger partial charge in [-0.3, -0.25) is 4.79 Å². The van der Waals surface area contributed by atoms with E-state index in [4.69, 9.17) is 5.26 Å². The second kappa shape index (κ2) is 5.92. The molecule has 0 aromatic rings. The zero-order chi connectivity index (χ0) is 10.4. The van der Waals surface area contributed by atoms with Gasteiger partial charge in [0, 0.05) is 5.25 Å². The van der Waals surface area contributed by atoms with Crippen LogP contribution in [0.25, 0.3) is 0 Å². The number of hydrogen-bond acceptors (Lipinski definition) is 4. The molecular weight excluding hydrogens is 198 g/mol.